The molecule has 1 aliphatic carbocycles. The Balaban J connectivity index is 2.40. The first-order valence-corrected chi connectivity index (χ1v) is 5.81. The minimum absolute atomic E-state index is 0.0519. The van der Waals surface area contributed by atoms with Crippen molar-refractivity contribution < 1.29 is 9.84 Å². The van der Waals surface area contributed by atoms with Crippen molar-refractivity contribution in [1.29, 1.82) is 0 Å². The second kappa shape index (κ2) is 3.86. The Morgan fingerprint density at radius 1 is 1.31 bits per heavy atom. The first-order valence-electron chi connectivity index (χ1n) is 5.81. The zero-order valence-electron chi connectivity index (χ0n) is 10.3. The van der Waals surface area contributed by atoms with Crippen molar-refractivity contribution in [3.8, 4) is 0 Å². The van der Waals surface area contributed by atoms with Crippen LogP contribution in [-0.2, 0) is 15.8 Å². The largest absolute Gasteiger partial charge is 0.385 e. The summed E-state index contributed by atoms with van der Waals surface area (Å²) in [5.41, 5.74) is 1.67. The zero-order chi connectivity index (χ0) is 11.8. The summed E-state index contributed by atoms with van der Waals surface area (Å²) in [6.07, 6.45) is 1.76. The molecule has 1 fully saturated rings. The molecule has 1 aromatic carbocycles. The lowest BCUT2D eigenvalue weighted by Crippen LogP contribution is -2.27. The van der Waals surface area contributed by atoms with Crippen LogP contribution in [-0.4, -0.2) is 18.8 Å². The molecule has 0 aliphatic heterocycles. The van der Waals surface area contributed by atoms with Crippen molar-refractivity contribution in [2.75, 3.05) is 13.7 Å². The van der Waals surface area contributed by atoms with Crippen molar-refractivity contribution in [2.45, 2.75) is 37.7 Å². The molecule has 0 unspecified atom stereocenters. The third-order valence-electron chi connectivity index (χ3n) is 3.39. The smallest absolute Gasteiger partial charge is 0.0901 e. The Labute approximate surface area is 97.3 Å². The Hall–Kier alpha value is -0.860. The number of ether oxygens (including phenoxy) is 1. The van der Waals surface area contributed by atoms with Crippen LogP contribution in [0.5, 0.6) is 0 Å². The molecule has 1 N–H and O–H groups in total. The van der Waals surface area contributed by atoms with Gasteiger partial charge in [0.1, 0.15) is 0 Å². The van der Waals surface area contributed by atoms with Crippen molar-refractivity contribution in [3.05, 3.63) is 35.4 Å². The molecule has 1 aliphatic rings. The van der Waals surface area contributed by atoms with Crippen LogP contribution in [0.25, 0.3) is 0 Å². The summed E-state index contributed by atoms with van der Waals surface area (Å²) in [4.78, 5) is 0. The van der Waals surface area contributed by atoms with Gasteiger partial charge < -0.3 is 9.84 Å². The van der Waals surface area contributed by atoms with Gasteiger partial charge in [0, 0.05) is 12.5 Å². The van der Waals surface area contributed by atoms with Crippen LogP contribution < -0.4 is 0 Å². The van der Waals surface area contributed by atoms with E-state index in [9.17, 15) is 5.11 Å². The second-order valence-electron chi connectivity index (χ2n) is 5.39. The monoisotopic (exact) mass is 220 g/mol. The molecule has 2 heteroatoms. The van der Waals surface area contributed by atoms with Crippen LogP contribution in [0.2, 0.25) is 0 Å². The molecule has 0 atom stereocenters. The molecule has 0 aromatic heterocycles. The fraction of sp³-hybridized carbons (Fsp3) is 0.571. The molecule has 0 amide bonds. The maximum atomic E-state index is 10.3. The molecule has 1 saturated carbocycles. The van der Waals surface area contributed by atoms with E-state index in [-0.39, 0.29) is 5.41 Å². The van der Waals surface area contributed by atoms with Crippen molar-refractivity contribution >= 4 is 0 Å². The molecule has 2 rings (SSSR count). The summed E-state index contributed by atoms with van der Waals surface area (Å²) in [7, 11) is 1.72. The molecule has 0 radical (unpaired) electrons. The van der Waals surface area contributed by atoms with E-state index < -0.39 is 5.60 Å². The van der Waals surface area contributed by atoms with Crippen LogP contribution in [0.1, 0.15) is 37.8 Å². The topological polar surface area (TPSA) is 29.5 Å². The second-order valence-corrected chi connectivity index (χ2v) is 5.39. The van der Waals surface area contributed by atoms with E-state index >= 15 is 0 Å². The van der Waals surface area contributed by atoms with Gasteiger partial charge >= 0.3 is 0 Å². The Kier molecular flexibility index (Phi) is 2.81. The van der Waals surface area contributed by atoms with Crippen molar-refractivity contribution in [3.63, 3.8) is 0 Å². The number of hydrogen-bond acceptors (Lipinski definition) is 2. The molecule has 88 valence electrons. The normalized spacial score (nSPS) is 18.5. The zero-order valence-corrected chi connectivity index (χ0v) is 10.3. The lowest BCUT2D eigenvalue weighted by atomic mass is 9.80. The average Bonchev–Trinajstić information content (AvgIpc) is 2.98. The summed E-state index contributed by atoms with van der Waals surface area (Å²) in [6.45, 7) is 4.97. The van der Waals surface area contributed by atoms with Crippen LogP contribution in [0.3, 0.4) is 0 Å². The number of benzene rings is 1. The molecule has 0 saturated heterocycles. The predicted octanol–water partition coefficient (Wildman–Crippen LogP) is 2.59. The van der Waals surface area contributed by atoms with Crippen LogP contribution in [0.15, 0.2) is 24.3 Å². The predicted molar refractivity (Wildman–Crippen MR) is 64.5 cm³/mol. The van der Waals surface area contributed by atoms with E-state index in [0.29, 0.717) is 6.61 Å². The summed E-state index contributed by atoms with van der Waals surface area (Å²) < 4.78 is 5.27. The van der Waals surface area contributed by atoms with Crippen LogP contribution in [0, 0.1) is 0 Å². The van der Waals surface area contributed by atoms with Gasteiger partial charge in [-0.15, -0.1) is 0 Å². The number of rotatable bonds is 4. The van der Waals surface area contributed by atoms with Gasteiger partial charge in [-0.05, 0) is 24.0 Å². The minimum Gasteiger partial charge on any atom is -0.385 e. The van der Waals surface area contributed by atoms with Gasteiger partial charge in [0.05, 0.1) is 12.2 Å². The van der Waals surface area contributed by atoms with E-state index in [1.165, 1.54) is 5.56 Å². The summed E-state index contributed by atoms with van der Waals surface area (Å²) in [5, 5.41) is 10.3. The lowest BCUT2D eigenvalue weighted by molar-refractivity contribution is 0.132. The van der Waals surface area contributed by atoms with Gasteiger partial charge in [0.15, 0.2) is 0 Å². The fourth-order valence-electron chi connectivity index (χ4n) is 2.31. The molecule has 0 bridgehead atoms. The van der Waals surface area contributed by atoms with E-state index in [1.807, 2.05) is 18.2 Å². The average molecular weight is 220 g/mol. The molecule has 2 nitrogen and oxygen atoms in total. The summed E-state index contributed by atoms with van der Waals surface area (Å²) >= 11 is 0. The standard InChI is InChI=1S/C14H20O2/c1-13(2,10-16-3)11-6-4-5-7-12(11)14(15)8-9-14/h4-7,15H,8-10H2,1-3H3. The number of aliphatic hydroxyl groups is 1. The number of methoxy groups -OCH3 is 1. The van der Waals surface area contributed by atoms with E-state index in [1.54, 1.807) is 7.11 Å². The van der Waals surface area contributed by atoms with E-state index in [0.717, 1.165) is 18.4 Å². The van der Waals surface area contributed by atoms with Crippen LogP contribution in [0.4, 0.5) is 0 Å². The molecule has 0 heterocycles. The maximum Gasteiger partial charge on any atom is 0.0901 e. The van der Waals surface area contributed by atoms with Gasteiger partial charge in [-0.1, -0.05) is 38.1 Å². The van der Waals surface area contributed by atoms with Gasteiger partial charge in [-0.3, -0.25) is 0 Å². The fourth-order valence-corrected chi connectivity index (χ4v) is 2.31. The maximum absolute atomic E-state index is 10.3. The first kappa shape index (κ1) is 11.6. The van der Waals surface area contributed by atoms with E-state index in [2.05, 4.69) is 19.9 Å². The quantitative estimate of drug-likeness (QED) is 0.845. The van der Waals surface area contributed by atoms with Gasteiger partial charge in [0.25, 0.3) is 0 Å². The number of hydrogen-bond donors (Lipinski definition) is 1. The lowest BCUT2D eigenvalue weighted by Gasteiger charge is -2.28. The highest BCUT2D eigenvalue weighted by Crippen LogP contribution is 2.48. The van der Waals surface area contributed by atoms with Crippen molar-refractivity contribution in [2.24, 2.45) is 0 Å². The summed E-state index contributed by atoms with van der Waals surface area (Å²) in [6, 6.07) is 8.17. The molecule has 1 aromatic rings. The first-order chi connectivity index (χ1) is 7.49. The molecule has 16 heavy (non-hydrogen) atoms. The molecule has 0 spiro atoms. The highest BCUT2D eigenvalue weighted by molar-refractivity contribution is 5.40. The molecular weight excluding hydrogens is 200 g/mol. The van der Waals surface area contributed by atoms with Gasteiger partial charge in [0.2, 0.25) is 0 Å². The van der Waals surface area contributed by atoms with Crippen molar-refractivity contribution in [1.82, 2.24) is 0 Å². The Morgan fingerprint density at radius 2 is 1.94 bits per heavy atom. The Bertz CT molecular complexity index is 378. The molecular formula is C14H20O2. The SMILES string of the molecule is COCC(C)(C)c1ccccc1C1(O)CC1. The van der Waals surface area contributed by atoms with Gasteiger partial charge in [-0.2, -0.15) is 0 Å². The van der Waals surface area contributed by atoms with E-state index in [4.69, 9.17) is 4.74 Å². The Morgan fingerprint density at radius 3 is 2.50 bits per heavy atom. The summed E-state index contributed by atoms with van der Waals surface area (Å²) in [5.74, 6) is 0. The third kappa shape index (κ3) is 2.00. The van der Waals surface area contributed by atoms with Gasteiger partial charge in [-0.25, -0.2) is 0 Å². The third-order valence-corrected chi connectivity index (χ3v) is 3.39. The highest BCUT2D eigenvalue weighted by atomic mass is 16.5. The minimum atomic E-state index is -0.568. The highest BCUT2D eigenvalue weighted by Gasteiger charge is 2.45. The van der Waals surface area contributed by atoms with Crippen LogP contribution >= 0.6 is 0 Å².